The van der Waals surface area contributed by atoms with Gasteiger partial charge in [0.2, 0.25) is 6.79 Å². The molecule has 0 unspecified atom stereocenters. The van der Waals surface area contributed by atoms with Gasteiger partial charge in [-0.2, -0.15) is 0 Å². The molecule has 10 heteroatoms. The quantitative estimate of drug-likeness (QED) is 0.573. The molecule has 160 valence electrons. The normalized spacial score (nSPS) is 12.3. The summed E-state index contributed by atoms with van der Waals surface area (Å²) in [7, 11) is -2.71. The highest BCUT2D eigenvalue weighted by Crippen LogP contribution is 2.36. The molecule has 1 aliphatic rings. The predicted octanol–water partition coefficient (Wildman–Crippen LogP) is 4.13. The van der Waals surface area contributed by atoms with E-state index in [0.29, 0.717) is 11.5 Å². The molecule has 1 aliphatic heterocycles. The number of para-hydroxylation sites is 2. The number of benzene rings is 3. The van der Waals surface area contributed by atoms with E-state index < -0.39 is 15.9 Å². The molecule has 0 bridgehead atoms. The lowest BCUT2D eigenvalue weighted by atomic mass is 10.1. The molecule has 0 spiro atoms. The number of fused-ring (bicyclic) bond motifs is 1. The van der Waals surface area contributed by atoms with E-state index in [0.717, 1.165) is 0 Å². The van der Waals surface area contributed by atoms with Crippen molar-refractivity contribution in [3.05, 3.63) is 71.2 Å². The first-order valence-corrected chi connectivity index (χ1v) is 10.9. The molecule has 0 saturated heterocycles. The van der Waals surface area contributed by atoms with Crippen LogP contribution in [0.25, 0.3) is 0 Å². The molecule has 0 aliphatic carbocycles. The fourth-order valence-corrected chi connectivity index (χ4v) is 4.53. The number of methoxy groups -OCH3 is 1. The third kappa shape index (κ3) is 4.23. The molecule has 0 aromatic heterocycles. The summed E-state index contributed by atoms with van der Waals surface area (Å²) in [6.07, 6.45) is 0. The molecule has 1 amide bonds. The predicted molar refractivity (Wildman–Crippen MR) is 116 cm³/mol. The second-order valence-corrected chi connectivity index (χ2v) is 8.50. The van der Waals surface area contributed by atoms with Gasteiger partial charge in [-0.25, -0.2) is 8.42 Å². The second kappa shape index (κ2) is 8.37. The molecule has 0 radical (unpaired) electrons. The maximum atomic E-state index is 13.0. The van der Waals surface area contributed by atoms with Crippen LogP contribution in [0.3, 0.4) is 0 Å². The number of amides is 1. The lowest BCUT2D eigenvalue weighted by molar-refractivity contribution is 0.102. The molecule has 8 nitrogen and oxygen atoms in total. The van der Waals surface area contributed by atoms with Gasteiger partial charge in [0.1, 0.15) is 10.6 Å². The summed E-state index contributed by atoms with van der Waals surface area (Å²) < 4.78 is 44.3. The zero-order valence-electron chi connectivity index (χ0n) is 16.2. The fourth-order valence-electron chi connectivity index (χ4n) is 3.02. The maximum Gasteiger partial charge on any atom is 0.265 e. The highest BCUT2D eigenvalue weighted by molar-refractivity contribution is 7.92. The lowest BCUT2D eigenvalue weighted by Gasteiger charge is -2.14. The Bertz CT molecular complexity index is 1260. The monoisotopic (exact) mass is 460 g/mol. The summed E-state index contributed by atoms with van der Waals surface area (Å²) in [6, 6.07) is 15.7. The van der Waals surface area contributed by atoms with E-state index in [1.54, 1.807) is 36.4 Å². The SMILES string of the molecule is COc1ccc(NC(=O)c2cccc3c2OCO3)cc1S(=O)(=O)Nc1ccccc1Cl. The van der Waals surface area contributed by atoms with Gasteiger partial charge in [-0.15, -0.1) is 0 Å². The van der Waals surface area contributed by atoms with Crippen molar-refractivity contribution in [3.8, 4) is 17.2 Å². The largest absolute Gasteiger partial charge is 0.495 e. The van der Waals surface area contributed by atoms with Crippen molar-refractivity contribution in [2.24, 2.45) is 0 Å². The number of carbonyl (C=O) groups excluding carboxylic acids is 1. The van der Waals surface area contributed by atoms with Crippen LogP contribution in [-0.2, 0) is 10.0 Å². The molecule has 3 aromatic rings. The molecular formula is C21H17ClN2O6S. The van der Waals surface area contributed by atoms with Crippen molar-refractivity contribution in [2.45, 2.75) is 4.90 Å². The molecule has 0 atom stereocenters. The Hall–Kier alpha value is -3.43. The number of nitrogens with one attached hydrogen (secondary N) is 2. The first-order valence-electron chi connectivity index (χ1n) is 9.04. The van der Waals surface area contributed by atoms with Crippen LogP contribution in [0.2, 0.25) is 5.02 Å². The third-order valence-corrected chi connectivity index (χ3v) is 6.19. The number of rotatable bonds is 6. The Balaban J connectivity index is 1.64. The van der Waals surface area contributed by atoms with Crippen LogP contribution in [-0.4, -0.2) is 28.2 Å². The minimum absolute atomic E-state index is 0.0261. The van der Waals surface area contributed by atoms with Gasteiger partial charge in [-0.1, -0.05) is 29.8 Å². The average Bonchev–Trinajstić information content (AvgIpc) is 3.24. The van der Waals surface area contributed by atoms with Crippen molar-refractivity contribution >= 4 is 38.9 Å². The summed E-state index contributed by atoms with van der Waals surface area (Å²) in [6.45, 7) is 0.0261. The van der Waals surface area contributed by atoms with E-state index in [2.05, 4.69) is 10.0 Å². The van der Waals surface area contributed by atoms with Crippen molar-refractivity contribution in [1.29, 1.82) is 0 Å². The summed E-state index contributed by atoms with van der Waals surface area (Å²) in [5, 5.41) is 2.92. The highest BCUT2D eigenvalue weighted by Gasteiger charge is 2.24. The number of anilines is 2. The smallest absolute Gasteiger partial charge is 0.265 e. The standard InChI is InChI=1S/C21H17ClN2O6S/c1-28-17-10-9-13(23-21(25)14-5-4-8-18-20(14)30-12-29-18)11-19(17)31(26,27)24-16-7-3-2-6-15(16)22/h2-11,24H,12H2,1H3,(H,23,25). The average molecular weight is 461 g/mol. The Labute approximate surface area is 183 Å². The summed E-state index contributed by atoms with van der Waals surface area (Å²) in [4.78, 5) is 12.6. The van der Waals surface area contributed by atoms with Crippen LogP contribution in [0.15, 0.2) is 65.6 Å². The van der Waals surface area contributed by atoms with Gasteiger partial charge < -0.3 is 19.5 Å². The Morgan fingerprint density at radius 1 is 1.06 bits per heavy atom. The molecule has 31 heavy (non-hydrogen) atoms. The van der Waals surface area contributed by atoms with Gasteiger partial charge >= 0.3 is 0 Å². The number of carbonyl (C=O) groups is 1. The number of hydrogen-bond acceptors (Lipinski definition) is 6. The zero-order valence-corrected chi connectivity index (χ0v) is 17.8. The maximum absolute atomic E-state index is 13.0. The minimum Gasteiger partial charge on any atom is -0.495 e. The van der Waals surface area contributed by atoms with Crippen LogP contribution in [0.5, 0.6) is 17.2 Å². The molecule has 2 N–H and O–H groups in total. The highest BCUT2D eigenvalue weighted by atomic mass is 35.5. The molecule has 4 rings (SSSR count). The third-order valence-electron chi connectivity index (χ3n) is 4.47. The van der Waals surface area contributed by atoms with E-state index in [1.807, 2.05) is 0 Å². The van der Waals surface area contributed by atoms with E-state index in [1.165, 1.54) is 31.4 Å². The van der Waals surface area contributed by atoms with Crippen molar-refractivity contribution < 1.29 is 27.4 Å². The van der Waals surface area contributed by atoms with Crippen LogP contribution in [0.4, 0.5) is 11.4 Å². The molecule has 1 heterocycles. The Morgan fingerprint density at radius 3 is 2.65 bits per heavy atom. The topological polar surface area (TPSA) is 103 Å². The molecule has 3 aromatic carbocycles. The molecule has 0 fully saturated rings. The van der Waals surface area contributed by atoms with Crippen molar-refractivity contribution in [3.63, 3.8) is 0 Å². The van der Waals surface area contributed by atoms with E-state index in [4.69, 9.17) is 25.8 Å². The number of hydrogen-bond donors (Lipinski definition) is 2. The van der Waals surface area contributed by atoms with Gasteiger partial charge in [0, 0.05) is 5.69 Å². The van der Waals surface area contributed by atoms with Crippen LogP contribution >= 0.6 is 11.6 Å². The fraction of sp³-hybridized carbons (Fsp3) is 0.0952. The number of sulfonamides is 1. The van der Waals surface area contributed by atoms with Crippen LogP contribution in [0.1, 0.15) is 10.4 Å². The summed E-state index contributed by atoms with van der Waals surface area (Å²) in [5.74, 6) is 0.432. The van der Waals surface area contributed by atoms with Crippen LogP contribution < -0.4 is 24.2 Å². The van der Waals surface area contributed by atoms with E-state index >= 15 is 0 Å². The Morgan fingerprint density at radius 2 is 1.87 bits per heavy atom. The first-order chi connectivity index (χ1) is 14.9. The minimum atomic E-state index is -4.07. The molecular weight excluding hydrogens is 444 g/mol. The van der Waals surface area contributed by atoms with E-state index in [9.17, 15) is 13.2 Å². The van der Waals surface area contributed by atoms with Gasteiger partial charge in [-0.05, 0) is 42.5 Å². The molecule has 0 saturated carbocycles. The first kappa shape index (κ1) is 20.8. The van der Waals surface area contributed by atoms with Gasteiger partial charge in [0.25, 0.3) is 15.9 Å². The summed E-state index contributed by atoms with van der Waals surface area (Å²) >= 11 is 6.07. The second-order valence-electron chi connectivity index (χ2n) is 6.44. The van der Waals surface area contributed by atoms with Crippen molar-refractivity contribution in [1.82, 2.24) is 0 Å². The van der Waals surface area contributed by atoms with Gasteiger partial charge in [0.15, 0.2) is 11.5 Å². The summed E-state index contributed by atoms with van der Waals surface area (Å²) in [5.41, 5.74) is 0.740. The van der Waals surface area contributed by atoms with Crippen molar-refractivity contribution in [2.75, 3.05) is 23.9 Å². The van der Waals surface area contributed by atoms with Gasteiger partial charge in [-0.3, -0.25) is 9.52 Å². The Kier molecular flexibility index (Phi) is 5.62. The number of ether oxygens (including phenoxy) is 3. The van der Waals surface area contributed by atoms with E-state index in [-0.39, 0.29) is 39.4 Å². The zero-order chi connectivity index (χ0) is 22.0. The number of halogens is 1. The van der Waals surface area contributed by atoms with Gasteiger partial charge in [0.05, 0.1) is 23.4 Å². The lowest BCUT2D eigenvalue weighted by Crippen LogP contribution is -2.16. The van der Waals surface area contributed by atoms with Crippen LogP contribution in [0, 0.1) is 0 Å².